The number of amides is 2. The Bertz CT molecular complexity index is 202. The lowest BCUT2D eigenvalue weighted by molar-refractivity contribution is -0.121. The predicted octanol–water partition coefficient (Wildman–Crippen LogP) is 0.203. The summed E-state index contributed by atoms with van der Waals surface area (Å²) in [5, 5.41) is 5.24. The fourth-order valence-electron chi connectivity index (χ4n) is 0.737. The van der Waals surface area contributed by atoms with Crippen LogP contribution in [0.25, 0.3) is 0 Å². The minimum atomic E-state index is -0.121. The lowest BCUT2D eigenvalue weighted by Gasteiger charge is -2.08. The van der Waals surface area contributed by atoms with E-state index in [9.17, 15) is 9.59 Å². The van der Waals surface area contributed by atoms with Crippen molar-refractivity contribution in [2.45, 2.75) is 26.3 Å². The van der Waals surface area contributed by atoms with Gasteiger partial charge in [-0.3, -0.25) is 9.59 Å². The molecule has 2 amide bonds. The maximum Gasteiger partial charge on any atom is 0.222 e. The summed E-state index contributed by atoms with van der Waals surface area (Å²) in [6.45, 7) is 7.18. The molecule has 0 saturated carbocycles. The molecule has 4 nitrogen and oxygen atoms in total. The van der Waals surface area contributed by atoms with Crippen LogP contribution in [-0.4, -0.2) is 24.4 Å². The van der Waals surface area contributed by atoms with Gasteiger partial charge in [-0.05, 0) is 6.92 Å². The van der Waals surface area contributed by atoms with Crippen molar-refractivity contribution in [3.05, 3.63) is 12.7 Å². The van der Waals surface area contributed by atoms with Crippen molar-refractivity contribution in [1.29, 1.82) is 0 Å². The zero-order valence-electron chi connectivity index (χ0n) is 8.09. The summed E-state index contributed by atoms with van der Waals surface area (Å²) in [5.41, 5.74) is 0. The Balaban J connectivity index is 3.51. The molecule has 0 bridgehead atoms. The highest BCUT2D eigenvalue weighted by atomic mass is 16.2. The summed E-state index contributed by atoms with van der Waals surface area (Å²) in [6.07, 6.45) is 1.95. The van der Waals surface area contributed by atoms with E-state index < -0.39 is 0 Å². The number of carbonyl (C=O) groups excluding carboxylic acids is 2. The van der Waals surface area contributed by atoms with E-state index in [1.165, 1.54) is 6.92 Å². The molecule has 1 atom stereocenters. The summed E-state index contributed by atoms with van der Waals surface area (Å²) in [4.78, 5) is 21.5. The largest absolute Gasteiger partial charge is 0.356 e. The highest BCUT2D eigenvalue weighted by Crippen LogP contribution is 1.84. The van der Waals surface area contributed by atoms with E-state index in [-0.39, 0.29) is 17.9 Å². The highest BCUT2D eigenvalue weighted by Gasteiger charge is 2.03. The molecule has 0 aromatic carbocycles. The fraction of sp³-hybridized carbons (Fsp3) is 0.556. The van der Waals surface area contributed by atoms with E-state index in [4.69, 9.17) is 0 Å². The van der Waals surface area contributed by atoms with Crippen LogP contribution in [0.5, 0.6) is 0 Å². The lowest BCUT2D eigenvalue weighted by atomic mass is 10.3. The third-order valence-electron chi connectivity index (χ3n) is 1.47. The SMILES string of the molecule is C=CC(C)NC(=O)CCNC(C)=O. The second-order valence-electron chi connectivity index (χ2n) is 2.82. The monoisotopic (exact) mass is 184 g/mol. The van der Waals surface area contributed by atoms with E-state index in [0.29, 0.717) is 13.0 Å². The molecular weight excluding hydrogens is 168 g/mol. The van der Waals surface area contributed by atoms with Gasteiger partial charge in [-0.25, -0.2) is 0 Å². The molecule has 0 aliphatic heterocycles. The average Bonchev–Trinajstić information content (AvgIpc) is 2.03. The average molecular weight is 184 g/mol. The van der Waals surface area contributed by atoms with Gasteiger partial charge in [-0.2, -0.15) is 0 Å². The summed E-state index contributed by atoms with van der Waals surface area (Å²) < 4.78 is 0. The number of hydrogen-bond donors (Lipinski definition) is 2. The van der Waals surface area contributed by atoms with Gasteiger partial charge in [0.2, 0.25) is 11.8 Å². The molecule has 0 heterocycles. The van der Waals surface area contributed by atoms with Crippen molar-refractivity contribution < 1.29 is 9.59 Å². The first-order chi connectivity index (χ1) is 6.06. The van der Waals surface area contributed by atoms with Gasteiger partial charge in [0.05, 0.1) is 0 Å². The van der Waals surface area contributed by atoms with Crippen LogP contribution in [0.2, 0.25) is 0 Å². The first-order valence-corrected chi connectivity index (χ1v) is 4.22. The van der Waals surface area contributed by atoms with Crippen LogP contribution in [0.1, 0.15) is 20.3 Å². The molecule has 0 aromatic rings. The van der Waals surface area contributed by atoms with Crippen LogP contribution in [0.4, 0.5) is 0 Å². The Hall–Kier alpha value is -1.32. The van der Waals surface area contributed by atoms with Crippen LogP contribution in [-0.2, 0) is 9.59 Å². The molecule has 0 spiro atoms. The van der Waals surface area contributed by atoms with Crippen molar-refractivity contribution in [2.24, 2.45) is 0 Å². The first-order valence-electron chi connectivity index (χ1n) is 4.22. The molecule has 0 saturated heterocycles. The van der Waals surface area contributed by atoms with Gasteiger partial charge in [0.25, 0.3) is 0 Å². The molecule has 0 fully saturated rings. The van der Waals surface area contributed by atoms with Gasteiger partial charge in [0.15, 0.2) is 0 Å². The first kappa shape index (κ1) is 11.7. The van der Waals surface area contributed by atoms with E-state index in [0.717, 1.165) is 0 Å². The van der Waals surface area contributed by atoms with Crippen molar-refractivity contribution in [3.63, 3.8) is 0 Å². The zero-order valence-corrected chi connectivity index (χ0v) is 8.09. The normalized spacial score (nSPS) is 11.5. The molecule has 2 N–H and O–H groups in total. The molecule has 74 valence electrons. The highest BCUT2D eigenvalue weighted by molar-refractivity contribution is 5.78. The number of hydrogen-bond acceptors (Lipinski definition) is 2. The lowest BCUT2D eigenvalue weighted by Crippen LogP contribution is -2.33. The Labute approximate surface area is 78.4 Å². The number of rotatable bonds is 5. The molecule has 0 aliphatic rings. The number of carbonyl (C=O) groups is 2. The molecule has 0 rings (SSSR count). The van der Waals surface area contributed by atoms with E-state index >= 15 is 0 Å². The molecule has 0 aliphatic carbocycles. The van der Waals surface area contributed by atoms with Gasteiger partial charge >= 0.3 is 0 Å². The molecule has 1 unspecified atom stereocenters. The Morgan fingerprint density at radius 2 is 2.15 bits per heavy atom. The quantitative estimate of drug-likeness (QED) is 0.600. The van der Waals surface area contributed by atoms with Crippen LogP contribution in [0.3, 0.4) is 0 Å². The van der Waals surface area contributed by atoms with Crippen LogP contribution in [0, 0.1) is 0 Å². The second kappa shape index (κ2) is 6.22. The predicted molar refractivity (Wildman–Crippen MR) is 51.1 cm³/mol. The minimum absolute atomic E-state index is 0.0233. The molecule has 0 radical (unpaired) electrons. The standard InChI is InChI=1S/C9H16N2O2/c1-4-7(2)11-9(13)5-6-10-8(3)12/h4,7H,1,5-6H2,2-3H3,(H,10,12)(H,11,13). The Morgan fingerprint density at radius 3 is 2.62 bits per heavy atom. The summed E-state index contributed by atoms with van der Waals surface area (Å²) in [6, 6.07) is -0.0233. The maximum absolute atomic E-state index is 11.1. The topological polar surface area (TPSA) is 58.2 Å². The van der Waals surface area contributed by atoms with Gasteiger partial charge in [0, 0.05) is 25.9 Å². The van der Waals surface area contributed by atoms with Crippen LogP contribution < -0.4 is 10.6 Å². The van der Waals surface area contributed by atoms with E-state index in [1.807, 2.05) is 6.92 Å². The van der Waals surface area contributed by atoms with Gasteiger partial charge in [-0.15, -0.1) is 6.58 Å². The van der Waals surface area contributed by atoms with Crippen molar-refractivity contribution in [1.82, 2.24) is 10.6 Å². The minimum Gasteiger partial charge on any atom is -0.356 e. The molecule has 13 heavy (non-hydrogen) atoms. The molecule has 4 heteroatoms. The number of nitrogens with one attached hydrogen (secondary N) is 2. The van der Waals surface area contributed by atoms with Crippen molar-refractivity contribution in [3.8, 4) is 0 Å². The van der Waals surface area contributed by atoms with Crippen LogP contribution >= 0.6 is 0 Å². The summed E-state index contributed by atoms with van der Waals surface area (Å²) in [5.74, 6) is -0.203. The third-order valence-corrected chi connectivity index (χ3v) is 1.47. The second-order valence-corrected chi connectivity index (χ2v) is 2.82. The summed E-state index contributed by atoms with van der Waals surface area (Å²) in [7, 11) is 0. The van der Waals surface area contributed by atoms with Crippen LogP contribution in [0.15, 0.2) is 12.7 Å². The smallest absolute Gasteiger partial charge is 0.222 e. The van der Waals surface area contributed by atoms with E-state index in [2.05, 4.69) is 17.2 Å². The van der Waals surface area contributed by atoms with Gasteiger partial charge in [0.1, 0.15) is 0 Å². The van der Waals surface area contributed by atoms with Crippen molar-refractivity contribution in [2.75, 3.05) is 6.54 Å². The van der Waals surface area contributed by atoms with Crippen molar-refractivity contribution >= 4 is 11.8 Å². The maximum atomic E-state index is 11.1. The Morgan fingerprint density at radius 1 is 1.54 bits per heavy atom. The summed E-state index contributed by atoms with van der Waals surface area (Å²) >= 11 is 0. The third kappa shape index (κ3) is 7.05. The fourth-order valence-corrected chi connectivity index (χ4v) is 0.737. The van der Waals surface area contributed by atoms with Gasteiger partial charge in [-0.1, -0.05) is 6.08 Å². The molecular formula is C9H16N2O2. The van der Waals surface area contributed by atoms with E-state index in [1.54, 1.807) is 6.08 Å². The Kier molecular flexibility index (Phi) is 5.59. The zero-order chi connectivity index (χ0) is 10.3. The molecule has 0 aromatic heterocycles. The van der Waals surface area contributed by atoms with Gasteiger partial charge < -0.3 is 10.6 Å².